The first-order valence-corrected chi connectivity index (χ1v) is 7.34. The number of carbonyl (C=O) groups excluding carboxylic acids is 1. The standard InChI is InChI=1S/C13H19NO4S/c1-10-6-5-7-12(8-10)19(16,17)14(3)9-11(2)13(15)18-4/h5-8,11H,9H2,1-4H3. The first-order valence-electron chi connectivity index (χ1n) is 5.90. The minimum absolute atomic E-state index is 0.0863. The third kappa shape index (κ3) is 3.78. The Hall–Kier alpha value is -1.40. The lowest BCUT2D eigenvalue weighted by atomic mass is 10.2. The normalized spacial score (nSPS) is 13.3. The molecule has 6 heteroatoms. The van der Waals surface area contributed by atoms with E-state index in [0.717, 1.165) is 5.56 Å². The highest BCUT2D eigenvalue weighted by Crippen LogP contribution is 2.17. The number of aryl methyl sites for hydroxylation is 1. The van der Waals surface area contributed by atoms with Gasteiger partial charge in [-0.3, -0.25) is 4.79 Å². The van der Waals surface area contributed by atoms with E-state index in [2.05, 4.69) is 4.74 Å². The predicted octanol–water partition coefficient (Wildman–Crippen LogP) is 1.42. The molecule has 0 amide bonds. The number of hydrogen-bond acceptors (Lipinski definition) is 4. The van der Waals surface area contributed by atoms with Crippen LogP contribution in [0.5, 0.6) is 0 Å². The summed E-state index contributed by atoms with van der Waals surface area (Å²) in [5.74, 6) is -0.930. The number of hydrogen-bond donors (Lipinski definition) is 0. The summed E-state index contributed by atoms with van der Waals surface area (Å²) in [6.45, 7) is 3.55. The number of methoxy groups -OCH3 is 1. The zero-order valence-electron chi connectivity index (χ0n) is 11.6. The number of nitrogens with zero attached hydrogens (tertiary/aromatic N) is 1. The molecule has 1 rings (SSSR count). The lowest BCUT2D eigenvalue weighted by molar-refractivity contribution is -0.144. The van der Waals surface area contributed by atoms with Gasteiger partial charge in [0, 0.05) is 13.6 Å². The van der Waals surface area contributed by atoms with E-state index in [1.807, 2.05) is 13.0 Å². The highest BCUT2D eigenvalue weighted by Gasteiger charge is 2.25. The summed E-state index contributed by atoms with van der Waals surface area (Å²) in [6.07, 6.45) is 0. The summed E-state index contributed by atoms with van der Waals surface area (Å²) in [5.41, 5.74) is 0.871. The molecule has 1 atom stereocenters. The lowest BCUT2D eigenvalue weighted by Crippen LogP contribution is -2.34. The fourth-order valence-corrected chi connectivity index (χ4v) is 3.08. The molecule has 0 radical (unpaired) electrons. The Morgan fingerprint density at radius 1 is 1.42 bits per heavy atom. The quantitative estimate of drug-likeness (QED) is 0.768. The minimum atomic E-state index is -3.57. The minimum Gasteiger partial charge on any atom is -0.469 e. The van der Waals surface area contributed by atoms with Crippen molar-refractivity contribution in [1.29, 1.82) is 0 Å². The molecule has 0 heterocycles. The largest absolute Gasteiger partial charge is 0.469 e. The van der Waals surface area contributed by atoms with Crippen molar-refractivity contribution in [1.82, 2.24) is 4.31 Å². The smallest absolute Gasteiger partial charge is 0.309 e. The van der Waals surface area contributed by atoms with Crippen LogP contribution in [-0.2, 0) is 19.6 Å². The average molecular weight is 285 g/mol. The van der Waals surface area contributed by atoms with Crippen LogP contribution in [0.25, 0.3) is 0 Å². The third-order valence-electron chi connectivity index (χ3n) is 2.83. The second-order valence-corrected chi connectivity index (χ2v) is 6.57. The van der Waals surface area contributed by atoms with Crippen molar-refractivity contribution in [3.8, 4) is 0 Å². The average Bonchev–Trinajstić information content (AvgIpc) is 2.37. The van der Waals surface area contributed by atoms with Gasteiger partial charge in [0.25, 0.3) is 0 Å². The highest BCUT2D eigenvalue weighted by molar-refractivity contribution is 7.89. The number of sulfonamides is 1. The Bertz CT molecular complexity index is 554. The maximum atomic E-state index is 12.3. The van der Waals surface area contributed by atoms with Gasteiger partial charge in [0.1, 0.15) is 0 Å². The van der Waals surface area contributed by atoms with Gasteiger partial charge >= 0.3 is 5.97 Å². The summed E-state index contributed by atoms with van der Waals surface area (Å²) in [4.78, 5) is 11.5. The fraction of sp³-hybridized carbons (Fsp3) is 0.462. The van der Waals surface area contributed by atoms with E-state index in [9.17, 15) is 13.2 Å². The molecule has 1 aromatic carbocycles. The zero-order chi connectivity index (χ0) is 14.6. The van der Waals surface area contributed by atoms with E-state index in [4.69, 9.17) is 0 Å². The Morgan fingerprint density at radius 3 is 2.58 bits per heavy atom. The molecule has 0 fully saturated rings. The van der Waals surface area contributed by atoms with Crippen molar-refractivity contribution in [2.24, 2.45) is 5.92 Å². The summed E-state index contributed by atoms with van der Waals surface area (Å²) >= 11 is 0. The van der Waals surface area contributed by atoms with Crippen LogP contribution in [0, 0.1) is 12.8 Å². The second-order valence-electron chi connectivity index (χ2n) is 4.53. The molecule has 106 valence electrons. The van der Waals surface area contributed by atoms with Crippen molar-refractivity contribution in [3.05, 3.63) is 29.8 Å². The van der Waals surface area contributed by atoms with Gasteiger partial charge < -0.3 is 4.74 Å². The number of esters is 1. The topological polar surface area (TPSA) is 63.7 Å². The molecule has 5 nitrogen and oxygen atoms in total. The Balaban J connectivity index is 2.92. The maximum absolute atomic E-state index is 12.3. The van der Waals surface area contributed by atoms with E-state index in [0.29, 0.717) is 0 Å². The van der Waals surface area contributed by atoms with Crippen LogP contribution in [0.15, 0.2) is 29.2 Å². The van der Waals surface area contributed by atoms with Crippen molar-refractivity contribution >= 4 is 16.0 Å². The molecule has 1 aromatic rings. The fourth-order valence-electron chi connectivity index (χ4n) is 1.72. The molecule has 0 aromatic heterocycles. The molecular formula is C13H19NO4S. The Kier molecular flexibility index (Phi) is 5.08. The van der Waals surface area contributed by atoms with Crippen LogP contribution >= 0.6 is 0 Å². The van der Waals surface area contributed by atoms with Gasteiger partial charge in [0.2, 0.25) is 10.0 Å². The number of benzene rings is 1. The van der Waals surface area contributed by atoms with Crippen LogP contribution in [0.1, 0.15) is 12.5 Å². The summed E-state index contributed by atoms with van der Waals surface area (Å²) in [5, 5.41) is 0. The molecule has 0 aliphatic rings. The van der Waals surface area contributed by atoms with Gasteiger partial charge in [-0.05, 0) is 24.6 Å². The molecule has 1 unspecified atom stereocenters. The molecule has 0 saturated carbocycles. The zero-order valence-corrected chi connectivity index (χ0v) is 12.4. The molecule has 0 aliphatic heterocycles. The second kappa shape index (κ2) is 6.16. The molecular weight excluding hydrogens is 266 g/mol. The number of rotatable bonds is 5. The van der Waals surface area contributed by atoms with E-state index in [-0.39, 0.29) is 11.4 Å². The molecule has 0 aliphatic carbocycles. The summed E-state index contributed by atoms with van der Waals surface area (Å²) < 4.78 is 30.4. The van der Waals surface area contributed by atoms with Crippen LogP contribution in [0.3, 0.4) is 0 Å². The highest BCUT2D eigenvalue weighted by atomic mass is 32.2. The van der Waals surface area contributed by atoms with Gasteiger partial charge in [-0.25, -0.2) is 12.7 Å². The summed E-state index contributed by atoms with van der Waals surface area (Å²) in [6, 6.07) is 6.67. The van der Waals surface area contributed by atoms with E-state index < -0.39 is 21.9 Å². The van der Waals surface area contributed by atoms with Gasteiger partial charge in [-0.2, -0.15) is 0 Å². The van der Waals surface area contributed by atoms with E-state index in [1.165, 1.54) is 18.5 Å². The van der Waals surface area contributed by atoms with E-state index >= 15 is 0 Å². The first kappa shape index (κ1) is 15.7. The number of carbonyl (C=O) groups is 1. The molecule has 0 spiro atoms. The SMILES string of the molecule is COC(=O)C(C)CN(C)S(=O)(=O)c1cccc(C)c1. The van der Waals surface area contributed by atoms with Crippen LogP contribution in [-0.4, -0.2) is 39.4 Å². The molecule has 0 bridgehead atoms. The number of ether oxygens (including phenoxy) is 1. The van der Waals surface area contributed by atoms with Gasteiger partial charge in [0.15, 0.2) is 0 Å². The summed E-state index contributed by atoms with van der Waals surface area (Å²) in [7, 11) is -0.832. The lowest BCUT2D eigenvalue weighted by Gasteiger charge is -2.20. The predicted molar refractivity (Wildman–Crippen MR) is 72.2 cm³/mol. The van der Waals surface area contributed by atoms with E-state index in [1.54, 1.807) is 25.1 Å². The molecule has 0 saturated heterocycles. The van der Waals surface area contributed by atoms with Gasteiger partial charge in [-0.15, -0.1) is 0 Å². The van der Waals surface area contributed by atoms with Gasteiger partial charge in [-0.1, -0.05) is 19.1 Å². The van der Waals surface area contributed by atoms with Crippen molar-refractivity contribution in [2.45, 2.75) is 18.7 Å². The monoisotopic (exact) mass is 285 g/mol. The Morgan fingerprint density at radius 2 is 2.05 bits per heavy atom. The van der Waals surface area contributed by atoms with Crippen LogP contribution < -0.4 is 0 Å². The van der Waals surface area contributed by atoms with Crippen molar-refractivity contribution < 1.29 is 17.9 Å². The molecule has 19 heavy (non-hydrogen) atoms. The van der Waals surface area contributed by atoms with Crippen molar-refractivity contribution in [2.75, 3.05) is 20.7 Å². The Labute approximate surface area is 114 Å². The van der Waals surface area contributed by atoms with Crippen LogP contribution in [0.2, 0.25) is 0 Å². The maximum Gasteiger partial charge on any atom is 0.309 e. The van der Waals surface area contributed by atoms with Crippen LogP contribution in [0.4, 0.5) is 0 Å². The van der Waals surface area contributed by atoms with Gasteiger partial charge in [0.05, 0.1) is 17.9 Å². The molecule has 0 N–H and O–H groups in total. The third-order valence-corrected chi connectivity index (χ3v) is 4.65. The first-order chi connectivity index (χ1) is 8.78. The van der Waals surface area contributed by atoms with Crippen molar-refractivity contribution in [3.63, 3.8) is 0 Å².